The second-order valence-corrected chi connectivity index (χ2v) is 7.85. The van der Waals surface area contributed by atoms with E-state index in [1.54, 1.807) is 0 Å². The van der Waals surface area contributed by atoms with E-state index in [9.17, 15) is 19.5 Å². The van der Waals surface area contributed by atoms with E-state index >= 15 is 0 Å². The molecule has 4 rings (SSSR count). The van der Waals surface area contributed by atoms with Crippen molar-refractivity contribution in [3.8, 4) is 11.1 Å². The van der Waals surface area contributed by atoms with Crippen LogP contribution >= 0.6 is 0 Å². The van der Waals surface area contributed by atoms with Gasteiger partial charge in [0.1, 0.15) is 12.1 Å². The zero-order valence-electron chi connectivity index (χ0n) is 17.1. The third-order valence-electron chi connectivity index (χ3n) is 5.81. The Balaban J connectivity index is 1.39. The van der Waals surface area contributed by atoms with Crippen molar-refractivity contribution in [2.24, 2.45) is 0 Å². The maximum atomic E-state index is 12.5. The number of aliphatic carboxylic acids is 1. The first-order valence-electron chi connectivity index (χ1n) is 10.1. The van der Waals surface area contributed by atoms with Crippen molar-refractivity contribution in [1.82, 2.24) is 10.6 Å². The number of carbonyl (C=O) groups excluding carboxylic acids is 2. The molecule has 2 aliphatic rings. The van der Waals surface area contributed by atoms with E-state index in [1.165, 1.54) is 7.11 Å². The number of carboxylic acid groups (broad SMARTS) is 1. The van der Waals surface area contributed by atoms with Crippen LogP contribution in [0.25, 0.3) is 11.1 Å². The lowest BCUT2D eigenvalue weighted by Crippen LogP contribution is -2.54. The molecular formula is C23H24N2O6. The lowest BCUT2D eigenvalue weighted by molar-refractivity contribution is -0.143. The Morgan fingerprint density at radius 1 is 1.06 bits per heavy atom. The van der Waals surface area contributed by atoms with Gasteiger partial charge in [0.25, 0.3) is 0 Å². The van der Waals surface area contributed by atoms with Crippen LogP contribution in [0.5, 0.6) is 0 Å². The highest BCUT2D eigenvalue weighted by atomic mass is 16.5. The van der Waals surface area contributed by atoms with Gasteiger partial charge < -0.3 is 25.2 Å². The standard InChI is InChI=1S/C23H24N2O6/c1-30-13-19(20(26)27)24-21(28)23(10-11-23)25-22(29)31-12-18-16-8-4-2-6-14(16)15-7-3-5-9-17(15)18/h2-9,18-19H,10-13H2,1H3,(H,24,28)(H,25,29)(H,26,27)/t19-/m0/s1. The Morgan fingerprint density at radius 2 is 1.65 bits per heavy atom. The van der Waals surface area contributed by atoms with Gasteiger partial charge in [0, 0.05) is 13.0 Å². The number of ether oxygens (including phenoxy) is 2. The number of benzene rings is 2. The number of hydrogen-bond acceptors (Lipinski definition) is 5. The highest BCUT2D eigenvalue weighted by molar-refractivity contribution is 5.95. The average Bonchev–Trinajstić information content (AvgIpc) is 3.47. The summed E-state index contributed by atoms with van der Waals surface area (Å²) in [6, 6.07) is 14.9. The predicted octanol–water partition coefficient (Wildman–Crippen LogP) is 2.27. The summed E-state index contributed by atoms with van der Waals surface area (Å²) in [6.07, 6.45) is 0.137. The number of rotatable bonds is 8. The van der Waals surface area contributed by atoms with E-state index < -0.39 is 29.6 Å². The van der Waals surface area contributed by atoms with E-state index in [0.717, 1.165) is 22.3 Å². The van der Waals surface area contributed by atoms with Gasteiger partial charge in [-0.05, 0) is 35.1 Å². The number of amides is 2. The molecule has 2 aromatic rings. The van der Waals surface area contributed by atoms with E-state index in [4.69, 9.17) is 9.47 Å². The number of carbonyl (C=O) groups is 3. The minimum atomic E-state index is -1.20. The molecule has 1 fully saturated rings. The summed E-state index contributed by atoms with van der Waals surface area (Å²) in [5.74, 6) is -1.84. The molecule has 1 saturated carbocycles. The summed E-state index contributed by atoms with van der Waals surface area (Å²) >= 11 is 0. The monoisotopic (exact) mass is 424 g/mol. The molecular weight excluding hydrogens is 400 g/mol. The molecule has 162 valence electrons. The SMILES string of the molecule is COC[C@H](NC(=O)C1(NC(=O)OCC2c3ccccc3-c3ccccc32)CC1)C(=O)O. The first-order chi connectivity index (χ1) is 14.9. The van der Waals surface area contributed by atoms with Gasteiger partial charge in [-0.2, -0.15) is 0 Å². The minimum absolute atomic E-state index is 0.0831. The van der Waals surface area contributed by atoms with Crippen LogP contribution in [0.15, 0.2) is 48.5 Å². The van der Waals surface area contributed by atoms with Crippen LogP contribution in [0.4, 0.5) is 4.79 Å². The van der Waals surface area contributed by atoms with Crippen LogP contribution in [-0.2, 0) is 19.1 Å². The molecule has 1 atom stereocenters. The van der Waals surface area contributed by atoms with Crippen LogP contribution in [0.2, 0.25) is 0 Å². The van der Waals surface area contributed by atoms with Crippen molar-refractivity contribution in [3.63, 3.8) is 0 Å². The normalized spacial score (nSPS) is 16.5. The fourth-order valence-electron chi connectivity index (χ4n) is 4.00. The topological polar surface area (TPSA) is 114 Å². The molecule has 0 heterocycles. The summed E-state index contributed by atoms with van der Waals surface area (Å²) in [5.41, 5.74) is 3.31. The molecule has 31 heavy (non-hydrogen) atoms. The lowest BCUT2D eigenvalue weighted by Gasteiger charge is -2.21. The first kappa shape index (κ1) is 20.9. The van der Waals surface area contributed by atoms with Crippen LogP contribution in [0.3, 0.4) is 0 Å². The number of hydrogen-bond donors (Lipinski definition) is 3. The van der Waals surface area contributed by atoms with Gasteiger partial charge in [0.15, 0.2) is 6.04 Å². The van der Waals surface area contributed by atoms with Crippen LogP contribution in [0.1, 0.15) is 29.9 Å². The molecule has 3 N–H and O–H groups in total. The van der Waals surface area contributed by atoms with Crippen molar-refractivity contribution in [3.05, 3.63) is 59.7 Å². The molecule has 0 aliphatic heterocycles. The Morgan fingerprint density at radius 3 is 2.16 bits per heavy atom. The van der Waals surface area contributed by atoms with Gasteiger partial charge in [0.05, 0.1) is 6.61 Å². The number of methoxy groups -OCH3 is 1. The number of fused-ring (bicyclic) bond motifs is 3. The summed E-state index contributed by atoms with van der Waals surface area (Å²) in [7, 11) is 1.35. The van der Waals surface area contributed by atoms with Crippen molar-refractivity contribution < 1.29 is 29.0 Å². The number of nitrogens with one attached hydrogen (secondary N) is 2. The molecule has 0 bridgehead atoms. The Kier molecular flexibility index (Phi) is 5.65. The molecule has 0 radical (unpaired) electrons. The fraction of sp³-hybridized carbons (Fsp3) is 0.348. The largest absolute Gasteiger partial charge is 0.480 e. The zero-order chi connectivity index (χ0) is 22.0. The highest BCUT2D eigenvalue weighted by Crippen LogP contribution is 2.44. The molecule has 0 spiro atoms. The van der Waals surface area contributed by atoms with Crippen LogP contribution in [-0.4, -0.2) is 55.0 Å². The summed E-state index contributed by atoms with van der Waals surface area (Å²) in [4.78, 5) is 36.3. The van der Waals surface area contributed by atoms with E-state index in [-0.39, 0.29) is 19.1 Å². The Labute approximate surface area is 179 Å². The zero-order valence-corrected chi connectivity index (χ0v) is 17.1. The summed E-state index contributed by atoms with van der Waals surface area (Å²) in [5, 5.41) is 14.2. The molecule has 0 unspecified atom stereocenters. The lowest BCUT2D eigenvalue weighted by atomic mass is 9.98. The van der Waals surface area contributed by atoms with E-state index in [1.807, 2.05) is 36.4 Å². The van der Waals surface area contributed by atoms with Crippen molar-refractivity contribution in [1.29, 1.82) is 0 Å². The van der Waals surface area contributed by atoms with Crippen LogP contribution in [0, 0.1) is 0 Å². The third-order valence-corrected chi connectivity index (χ3v) is 5.81. The molecule has 2 aromatic carbocycles. The molecule has 0 aromatic heterocycles. The Hall–Kier alpha value is -3.39. The van der Waals surface area contributed by atoms with Crippen molar-refractivity contribution in [2.75, 3.05) is 20.3 Å². The number of carboxylic acids is 1. The van der Waals surface area contributed by atoms with Gasteiger partial charge >= 0.3 is 12.1 Å². The van der Waals surface area contributed by atoms with Crippen molar-refractivity contribution in [2.45, 2.75) is 30.3 Å². The molecule has 8 nitrogen and oxygen atoms in total. The molecule has 8 heteroatoms. The molecule has 2 amide bonds. The van der Waals surface area contributed by atoms with Crippen LogP contribution < -0.4 is 10.6 Å². The van der Waals surface area contributed by atoms with E-state index in [2.05, 4.69) is 22.8 Å². The first-order valence-corrected chi connectivity index (χ1v) is 10.1. The summed E-state index contributed by atoms with van der Waals surface area (Å²) < 4.78 is 10.3. The maximum absolute atomic E-state index is 12.5. The molecule has 2 aliphatic carbocycles. The second kappa shape index (κ2) is 8.39. The van der Waals surface area contributed by atoms with Gasteiger partial charge in [-0.1, -0.05) is 48.5 Å². The minimum Gasteiger partial charge on any atom is -0.480 e. The smallest absolute Gasteiger partial charge is 0.408 e. The van der Waals surface area contributed by atoms with Gasteiger partial charge in [-0.15, -0.1) is 0 Å². The van der Waals surface area contributed by atoms with Gasteiger partial charge in [-0.25, -0.2) is 9.59 Å². The number of alkyl carbamates (subject to hydrolysis) is 1. The quantitative estimate of drug-likeness (QED) is 0.599. The maximum Gasteiger partial charge on any atom is 0.408 e. The van der Waals surface area contributed by atoms with E-state index in [0.29, 0.717) is 12.8 Å². The predicted molar refractivity (Wildman–Crippen MR) is 112 cm³/mol. The van der Waals surface area contributed by atoms with Gasteiger partial charge in [-0.3, -0.25) is 4.79 Å². The second-order valence-electron chi connectivity index (χ2n) is 7.85. The highest BCUT2D eigenvalue weighted by Gasteiger charge is 2.52. The fourth-order valence-corrected chi connectivity index (χ4v) is 4.00. The van der Waals surface area contributed by atoms with Gasteiger partial charge in [0.2, 0.25) is 5.91 Å². The average molecular weight is 424 g/mol. The summed E-state index contributed by atoms with van der Waals surface area (Å²) in [6.45, 7) is -0.0267. The van der Waals surface area contributed by atoms with Crippen molar-refractivity contribution >= 4 is 18.0 Å². The third kappa shape index (κ3) is 4.11. The Bertz CT molecular complexity index is 971. The molecule has 0 saturated heterocycles.